The van der Waals surface area contributed by atoms with E-state index >= 15 is 0 Å². The van der Waals surface area contributed by atoms with Crippen LogP contribution in [-0.2, 0) is 16.1 Å². The van der Waals surface area contributed by atoms with Gasteiger partial charge in [-0.05, 0) is 36.5 Å². The van der Waals surface area contributed by atoms with E-state index in [1.54, 1.807) is 11.8 Å². The van der Waals surface area contributed by atoms with E-state index in [1.165, 1.54) is 12.8 Å². The van der Waals surface area contributed by atoms with Crippen LogP contribution in [-0.4, -0.2) is 30.2 Å². The summed E-state index contributed by atoms with van der Waals surface area (Å²) in [6.07, 6.45) is 2.62. The lowest BCUT2D eigenvalue weighted by Crippen LogP contribution is -2.37. The number of nitrogens with one attached hydrogen (secondary N) is 2. The Bertz CT molecular complexity index is 471. The van der Waals surface area contributed by atoms with Crippen LogP contribution < -0.4 is 10.6 Å². The van der Waals surface area contributed by atoms with E-state index in [2.05, 4.69) is 10.6 Å². The summed E-state index contributed by atoms with van der Waals surface area (Å²) in [5, 5.41) is 6.14. The molecule has 1 unspecified atom stereocenters. The van der Waals surface area contributed by atoms with Gasteiger partial charge in [-0.25, -0.2) is 0 Å². The number of amides is 1. The van der Waals surface area contributed by atoms with E-state index < -0.39 is 0 Å². The first-order valence-electron chi connectivity index (χ1n) is 7.10. The van der Waals surface area contributed by atoms with Gasteiger partial charge in [0.05, 0.1) is 12.6 Å². The fourth-order valence-corrected chi connectivity index (χ4v) is 3.10. The molecule has 5 heteroatoms. The van der Waals surface area contributed by atoms with Gasteiger partial charge < -0.3 is 10.1 Å². The third kappa shape index (κ3) is 3.98. The number of ether oxygens (including phenoxy) is 1. The highest BCUT2D eigenvalue weighted by atomic mass is 32.2. The quantitative estimate of drug-likeness (QED) is 0.844. The Morgan fingerprint density at radius 2 is 2.35 bits per heavy atom. The first-order valence-corrected chi connectivity index (χ1v) is 8.25. The number of hydrogen-bond acceptors (Lipinski definition) is 4. The van der Waals surface area contributed by atoms with Gasteiger partial charge >= 0.3 is 0 Å². The Kier molecular flexibility index (Phi) is 4.60. The SMILES string of the molecule is O=C(Nc1cccc(COCC2CC2)c1)C1CSCN1. The topological polar surface area (TPSA) is 50.4 Å². The Hall–Kier alpha value is -1.04. The number of thioether (sulfide) groups is 1. The zero-order chi connectivity index (χ0) is 13.8. The number of benzene rings is 1. The minimum Gasteiger partial charge on any atom is -0.376 e. The van der Waals surface area contributed by atoms with Crippen molar-refractivity contribution in [2.45, 2.75) is 25.5 Å². The van der Waals surface area contributed by atoms with Crippen molar-refractivity contribution in [3.05, 3.63) is 29.8 Å². The molecule has 1 heterocycles. The molecule has 1 aliphatic carbocycles. The highest BCUT2D eigenvalue weighted by Crippen LogP contribution is 2.29. The standard InChI is InChI=1S/C15H20N2O2S/c18-15(14-9-20-10-16-14)17-13-3-1-2-12(6-13)8-19-7-11-4-5-11/h1-3,6,11,14,16H,4-5,7-10H2,(H,17,18). The summed E-state index contributed by atoms with van der Waals surface area (Å²) in [4.78, 5) is 12.0. The maximum absolute atomic E-state index is 12.0. The number of rotatable bonds is 6. The van der Waals surface area contributed by atoms with Gasteiger partial charge in [0, 0.05) is 23.9 Å². The summed E-state index contributed by atoms with van der Waals surface area (Å²) in [6.45, 7) is 1.48. The minimum absolute atomic E-state index is 0.0473. The molecule has 20 heavy (non-hydrogen) atoms. The van der Waals surface area contributed by atoms with Crippen molar-refractivity contribution in [1.82, 2.24) is 5.32 Å². The van der Waals surface area contributed by atoms with Crippen LogP contribution in [0.2, 0.25) is 0 Å². The van der Waals surface area contributed by atoms with Gasteiger partial charge in [-0.3, -0.25) is 10.1 Å². The van der Waals surface area contributed by atoms with Gasteiger partial charge in [-0.2, -0.15) is 0 Å². The second kappa shape index (κ2) is 6.61. The molecule has 1 aliphatic heterocycles. The van der Waals surface area contributed by atoms with Gasteiger partial charge in [-0.1, -0.05) is 12.1 Å². The van der Waals surface area contributed by atoms with E-state index in [0.717, 1.165) is 35.4 Å². The number of carbonyl (C=O) groups excluding carboxylic acids is 1. The van der Waals surface area contributed by atoms with E-state index in [4.69, 9.17) is 4.74 Å². The second-order valence-electron chi connectivity index (χ2n) is 5.42. The fourth-order valence-electron chi connectivity index (χ4n) is 2.16. The van der Waals surface area contributed by atoms with Crippen molar-refractivity contribution in [2.24, 2.45) is 5.92 Å². The third-order valence-electron chi connectivity index (χ3n) is 3.55. The smallest absolute Gasteiger partial charge is 0.242 e. The molecule has 1 saturated carbocycles. The van der Waals surface area contributed by atoms with Crippen molar-refractivity contribution in [3.8, 4) is 0 Å². The van der Waals surface area contributed by atoms with Gasteiger partial charge in [0.25, 0.3) is 0 Å². The Balaban J connectivity index is 1.51. The Morgan fingerprint density at radius 1 is 1.45 bits per heavy atom. The molecule has 1 amide bonds. The third-order valence-corrected chi connectivity index (χ3v) is 4.49. The van der Waals surface area contributed by atoms with Crippen LogP contribution in [0.4, 0.5) is 5.69 Å². The average Bonchev–Trinajstić information content (AvgIpc) is 3.10. The molecule has 0 aromatic heterocycles. The molecule has 1 aromatic rings. The number of hydrogen-bond donors (Lipinski definition) is 2. The lowest BCUT2D eigenvalue weighted by atomic mass is 10.2. The van der Waals surface area contributed by atoms with Gasteiger partial charge in [0.2, 0.25) is 5.91 Å². The highest BCUT2D eigenvalue weighted by Gasteiger charge is 2.22. The molecule has 2 fully saturated rings. The Morgan fingerprint density at radius 3 is 3.10 bits per heavy atom. The largest absolute Gasteiger partial charge is 0.376 e. The van der Waals surface area contributed by atoms with Crippen molar-refractivity contribution in [1.29, 1.82) is 0 Å². The normalized spacial score (nSPS) is 21.9. The Labute approximate surface area is 123 Å². The zero-order valence-corrected chi connectivity index (χ0v) is 12.2. The molecular weight excluding hydrogens is 272 g/mol. The van der Waals surface area contributed by atoms with Crippen molar-refractivity contribution in [3.63, 3.8) is 0 Å². The summed E-state index contributed by atoms with van der Waals surface area (Å²) < 4.78 is 5.68. The van der Waals surface area contributed by atoms with Crippen molar-refractivity contribution < 1.29 is 9.53 Å². The molecular formula is C15H20N2O2S. The molecule has 1 atom stereocenters. The van der Waals surface area contributed by atoms with Gasteiger partial charge in [0.15, 0.2) is 0 Å². The van der Waals surface area contributed by atoms with Crippen LogP contribution in [0.1, 0.15) is 18.4 Å². The lowest BCUT2D eigenvalue weighted by Gasteiger charge is -2.11. The molecule has 1 aromatic carbocycles. The van der Waals surface area contributed by atoms with Gasteiger partial charge in [0.1, 0.15) is 0 Å². The van der Waals surface area contributed by atoms with E-state index in [0.29, 0.717) is 6.61 Å². The summed E-state index contributed by atoms with van der Waals surface area (Å²) in [5.74, 6) is 2.53. The average molecular weight is 292 g/mol. The van der Waals surface area contributed by atoms with Crippen LogP contribution in [0.25, 0.3) is 0 Å². The molecule has 3 rings (SSSR count). The molecule has 108 valence electrons. The molecule has 1 saturated heterocycles. The van der Waals surface area contributed by atoms with Crippen LogP contribution in [0.5, 0.6) is 0 Å². The molecule has 0 radical (unpaired) electrons. The van der Waals surface area contributed by atoms with Crippen LogP contribution in [0, 0.1) is 5.92 Å². The molecule has 2 aliphatic rings. The fraction of sp³-hybridized carbons (Fsp3) is 0.533. The lowest BCUT2D eigenvalue weighted by molar-refractivity contribution is -0.117. The van der Waals surface area contributed by atoms with E-state index in [-0.39, 0.29) is 11.9 Å². The second-order valence-corrected chi connectivity index (χ2v) is 6.45. The first-order chi connectivity index (χ1) is 9.81. The monoisotopic (exact) mass is 292 g/mol. The zero-order valence-electron chi connectivity index (χ0n) is 11.4. The van der Waals surface area contributed by atoms with Crippen LogP contribution in [0.3, 0.4) is 0 Å². The number of carbonyl (C=O) groups is 1. The van der Waals surface area contributed by atoms with Crippen LogP contribution in [0.15, 0.2) is 24.3 Å². The summed E-state index contributed by atoms with van der Waals surface area (Å²) >= 11 is 1.75. The predicted molar refractivity (Wildman–Crippen MR) is 81.7 cm³/mol. The van der Waals surface area contributed by atoms with Crippen molar-refractivity contribution >= 4 is 23.4 Å². The predicted octanol–water partition coefficient (Wildman–Crippen LogP) is 2.21. The maximum atomic E-state index is 12.0. The van der Waals surface area contributed by atoms with Gasteiger partial charge in [-0.15, -0.1) is 11.8 Å². The van der Waals surface area contributed by atoms with E-state index in [9.17, 15) is 4.79 Å². The first kappa shape index (κ1) is 13.9. The van der Waals surface area contributed by atoms with Crippen molar-refractivity contribution in [2.75, 3.05) is 23.6 Å². The summed E-state index contributed by atoms with van der Waals surface area (Å²) in [5.41, 5.74) is 1.96. The number of anilines is 1. The summed E-state index contributed by atoms with van der Waals surface area (Å²) in [6, 6.07) is 7.83. The summed E-state index contributed by atoms with van der Waals surface area (Å²) in [7, 11) is 0. The molecule has 0 spiro atoms. The van der Waals surface area contributed by atoms with Crippen LogP contribution >= 0.6 is 11.8 Å². The molecule has 0 bridgehead atoms. The molecule has 4 nitrogen and oxygen atoms in total. The highest BCUT2D eigenvalue weighted by molar-refractivity contribution is 7.99. The maximum Gasteiger partial charge on any atom is 0.242 e. The molecule has 2 N–H and O–H groups in total. The van der Waals surface area contributed by atoms with E-state index in [1.807, 2.05) is 24.3 Å². The minimum atomic E-state index is -0.0743.